The Morgan fingerprint density at radius 1 is 0.903 bits per heavy atom. The minimum atomic E-state index is -4.03. The second-order valence-corrected chi connectivity index (χ2v) is 10.2. The third kappa shape index (κ3) is 4.99. The number of carbonyl (C=O) groups excluding carboxylic acids is 1. The van der Waals surface area contributed by atoms with Crippen LogP contribution in [0.25, 0.3) is 0 Å². The van der Waals surface area contributed by atoms with Gasteiger partial charge < -0.3 is 5.32 Å². The summed E-state index contributed by atoms with van der Waals surface area (Å²) in [4.78, 5) is 12.6. The summed E-state index contributed by atoms with van der Waals surface area (Å²) in [6.07, 6.45) is 0. The molecule has 3 aromatic carbocycles. The number of halogens is 3. The molecule has 0 aromatic heterocycles. The summed E-state index contributed by atoms with van der Waals surface area (Å²) in [5.74, 6) is -0.504. The van der Waals surface area contributed by atoms with Gasteiger partial charge in [-0.25, -0.2) is 8.42 Å². The molecule has 31 heavy (non-hydrogen) atoms. The van der Waals surface area contributed by atoms with Gasteiger partial charge in [0.15, 0.2) is 0 Å². The van der Waals surface area contributed by atoms with E-state index in [1.807, 2.05) is 19.9 Å². The number of rotatable bonds is 5. The van der Waals surface area contributed by atoms with Gasteiger partial charge in [-0.3, -0.25) is 9.10 Å². The molecule has 0 atom stereocenters. The van der Waals surface area contributed by atoms with E-state index in [9.17, 15) is 13.2 Å². The topological polar surface area (TPSA) is 66.5 Å². The Morgan fingerprint density at radius 3 is 2.16 bits per heavy atom. The van der Waals surface area contributed by atoms with Gasteiger partial charge in [-0.2, -0.15) is 0 Å². The molecule has 0 radical (unpaired) electrons. The normalized spacial score (nSPS) is 11.3. The van der Waals surface area contributed by atoms with Crippen LogP contribution in [0.5, 0.6) is 0 Å². The average molecular weight is 498 g/mol. The lowest BCUT2D eigenvalue weighted by molar-refractivity contribution is 0.102. The van der Waals surface area contributed by atoms with E-state index in [0.717, 1.165) is 15.4 Å². The van der Waals surface area contributed by atoms with Crippen LogP contribution in [-0.4, -0.2) is 21.4 Å². The number of aryl methyl sites for hydroxylation is 2. The Balaban J connectivity index is 1.96. The van der Waals surface area contributed by atoms with E-state index in [1.54, 1.807) is 30.3 Å². The average Bonchev–Trinajstić information content (AvgIpc) is 2.70. The van der Waals surface area contributed by atoms with Crippen LogP contribution >= 0.6 is 34.8 Å². The summed E-state index contributed by atoms with van der Waals surface area (Å²) in [5, 5.41) is 3.63. The first-order valence-corrected chi connectivity index (χ1v) is 11.7. The number of amides is 1. The van der Waals surface area contributed by atoms with E-state index in [-0.39, 0.29) is 15.5 Å². The molecule has 9 heteroatoms. The highest BCUT2D eigenvalue weighted by Gasteiger charge is 2.26. The minimum absolute atomic E-state index is 0.00177. The standard InChI is InChI=1S/C22H19Cl3N2O3S/c1-13-10-14(2)21(19(25)11-13)26-22(28)15-4-9-18(24)20(12-15)31(29,30)27(3)17-7-5-16(23)6-8-17/h4-12H,1-3H3,(H,26,28). The summed E-state index contributed by atoms with van der Waals surface area (Å²) in [6.45, 7) is 3.73. The summed E-state index contributed by atoms with van der Waals surface area (Å²) < 4.78 is 27.4. The van der Waals surface area contributed by atoms with Crippen LogP contribution in [0.4, 0.5) is 11.4 Å². The van der Waals surface area contributed by atoms with Crippen molar-refractivity contribution >= 4 is 62.1 Å². The first-order chi connectivity index (χ1) is 14.5. The number of benzene rings is 3. The zero-order chi connectivity index (χ0) is 22.9. The Kier molecular flexibility index (Phi) is 6.86. The van der Waals surface area contributed by atoms with Crippen LogP contribution in [0, 0.1) is 13.8 Å². The van der Waals surface area contributed by atoms with Crippen molar-refractivity contribution in [3.63, 3.8) is 0 Å². The highest BCUT2D eigenvalue weighted by atomic mass is 35.5. The molecule has 5 nitrogen and oxygen atoms in total. The number of sulfonamides is 1. The van der Waals surface area contributed by atoms with Crippen LogP contribution in [0.3, 0.4) is 0 Å². The molecule has 3 rings (SSSR count). The number of nitrogens with one attached hydrogen (secondary N) is 1. The summed E-state index contributed by atoms with van der Waals surface area (Å²) >= 11 is 18.3. The molecular formula is C22H19Cl3N2O3S. The Morgan fingerprint density at radius 2 is 1.55 bits per heavy atom. The molecule has 162 valence electrons. The highest BCUT2D eigenvalue weighted by Crippen LogP contribution is 2.31. The van der Waals surface area contributed by atoms with Gasteiger partial charge in [0.2, 0.25) is 0 Å². The number of hydrogen-bond donors (Lipinski definition) is 1. The quantitative estimate of drug-likeness (QED) is 0.447. The molecule has 0 unspecified atom stereocenters. The largest absolute Gasteiger partial charge is 0.320 e. The van der Waals surface area contributed by atoms with Crippen LogP contribution in [-0.2, 0) is 10.0 Å². The van der Waals surface area contributed by atoms with E-state index in [2.05, 4.69) is 5.32 Å². The number of carbonyl (C=O) groups is 1. The molecule has 0 bridgehead atoms. The predicted molar refractivity (Wildman–Crippen MR) is 127 cm³/mol. The summed E-state index contributed by atoms with van der Waals surface area (Å²) in [7, 11) is -2.63. The maximum atomic E-state index is 13.2. The molecule has 0 saturated carbocycles. The maximum absolute atomic E-state index is 13.2. The third-order valence-corrected chi connectivity index (χ3v) is 7.51. The van der Waals surface area contributed by atoms with Gasteiger partial charge in [0, 0.05) is 17.6 Å². The lowest BCUT2D eigenvalue weighted by Crippen LogP contribution is -2.27. The van der Waals surface area contributed by atoms with Crippen molar-refractivity contribution in [1.29, 1.82) is 0 Å². The van der Waals surface area contributed by atoms with Crippen molar-refractivity contribution in [3.05, 3.63) is 86.4 Å². The molecule has 0 spiro atoms. The monoisotopic (exact) mass is 496 g/mol. The van der Waals surface area contributed by atoms with Gasteiger partial charge >= 0.3 is 0 Å². The van der Waals surface area contributed by atoms with Crippen molar-refractivity contribution in [2.75, 3.05) is 16.7 Å². The Labute approximate surface area is 196 Å². The lowest BCUT2D eigenvalue weighted by atomic mass is 10.1. The van der Waals surface area contributed by atoms with E-state index < -0.39 is 15.9 Å². The second-order valence-electron chi connectivity index (χ2n) is 6.99. The summed E-state index contributed by atoms with van der Waals surface area (Å²) in [6, 6.07) is 14.0. The zero-order valence-corrected chi connectivity index (χ0v) is 20.0. The Bertz CT molecular complexity index is 1240. The molecule has 1 N–H and O–H groups in total. The maximum Gasteiger partial charge on any atom is 0.265 e. The first-order valence-electron chi connectivity index (χ1n) is 9.13. The van der Waals surface area contributed by atoms with Gasteiger partial charge in [-0.05, 0) is 73.5 Å². The number of anilines is 2. The third-order valence-electron chi connectivity index (χ3n) is 4.69. The molecule has 0 fully saturated rings. The fraction of sp³-hybridized carbons (Fsp3) is 0.136. The Hall–Kier alpha value is -2.25. The van der Waals surface area contributed by atoms with Crippen LogP contribution < -0.4 is 9.62 Å². The molecule has 0 aliphatic carbocycles. The van der Waals surface area contributed by atoms with Gasteiger partial charge in [0.1, 0.15) is 4.90 Å². The number of nitrogens with zero attached hydrogens (tertiary/aromatic N) is 1. The molecule has 1 amide bonds. The van der Waals surface area contributed by atoms with Gasteiger partial charge in [-0.15, -0.1) is 0 Å². The van der Waals surface area contributed by atoms with Crippen LogP contribution in [0.1, 0.15) is 21.5 Å². The highest BCUT2D eigenvalue weighted by molar-refractivity contribution is 7.93. The second kappa shape index (κ2) is 9.09. The van der Waals surface area contributed by atoms with Gasteiger partial charge in [-0.1, -0.05) is 40.9 Å². The fourth-order valence-electron chi connectivity index (χ4n) is 3.04. The van der Waals surface area contributed by atoms with E-state index in [4.69, 9.17) is 34.8 Å². The smallest absolute Gasteiger partial charge is 0.265 e. The van der Waals surface area contributed by atoms with E-state index in [0.29, 0.717) is 21.4 Å². The van der Waals surface area contributed by atoms with Crippen molar-refractivity contribution in [1.82, 2.24) is 0 Å². The van der Waals surface area contributed by atoms with Crippen LogP contribution in [0.15, 0.2) is 59.5 Å². The molecule has 0 heterocycles. The van der Waals surface area contributed by atoms with Crippen molar-refractivity contribution in [2.45, 2.75) is 18.7 Å². The molecule has 0 aliphatic heterocycles. The van der Waals surface area contributed by atoms with Crippen molar-refractivity contribution in [2.24, 2.45) is 0 Å². The molecule has 3 aromatic rings. The lowest BCUT2D eigenvalue weighted by Gasteiger charge is -2.21. The van der Waals surface area contributed by atoms with E-state index in [1.165, 1.54) is 25.2 Å². The number of hydrogen-bond acceptors (Lipinski definition) is 3. The molecular weight excluding hydrogens is 479 g/mol. The fourth-order valence-corrected chi connectivity index (χ4v) is 5.23. The molecule has 0 aliphatic rings. The predicted octanol–water partition coefficient (Wildman–Crippen LogP) is 6.34. The molecule has 0 saturated heterocycles. The zero-order valence-electron chi connectivity index (χ0n) is 16.9. The van der Waals surface area contributed by atoms with Crippen molar-refractivity contribution in [3.8, 4) is 0 Å². The first kappa shape index (κ1) is 23.4. The van der Waals surface area contributed by atoms with Crippen LogP contribution in [0.2, 0.25) is 15.1 Å². The van der Waals surface area contributed by atoms with E-state index >= 15 is 0 Å². The van der Waals surface area contributed by atoms with Gasteiger partial charge in [0.05, 0.1) is 21.4 Å². The van der Waals surface area contributed by atoms with Gasteiger partial charge in [0.25, 0.3) is 15.9 Å². The minimum Gasteiger partial charge on any atom is -0.320 e. The summed E-state index contributed by atoms with van der Waals surface area (Å²) in [5.41, 5.74) is 2.75. The van der Waals surface area contributed by atoms with Crippen molar-refractivity contribution < 1.29 is 13.2 Å². The SMILES string of the molecule is Cc1cc(C)c(NC(=O)c2ccc(Cl)c(S(=O)(=O)N(C)c3ccc(Cl)cc3)c2)c(Cl)c1.